The third-order valence-corrected chi connectivity index (χ3v) is 5.32. The Morgan fingerprint density at radius 2 is 1.90 bits per heavy atom. The van der Waals surface area contributed by atoms with Crippen molar-refractivity contribution in [2.75, 3.05) is 0 Å². The number of hydrogen-bond donors (Lipinski definition) is 1. The average molecular weight is 311 g/mol. The van der Waals surface area contributed by atoms with Crippen LogP contribution in [0, 0.1) is 0 Å². The third-order valence-electron chi connectivity index (χ3n) is 2.52. The Bertz CT molecular complexity index is 632. The molecule has 0 bridgehead atoms. The summed E-state index contributed by atoms with van der Waals surface area (Å²) in [5.74, 6) is 0.782. The molecule has 1 N–H and O–H groups in total. The van der Waals surface area contributed by atoms with E-state index in [0.717, 1.165) is 11.3 Å². The van der Waals surface area contributed by atoms with Gasteiger partial charge >= 0.3 is 0 Å². The van der Waals surface area contributed by atoms with Gasteiger partial charge in [0, 0.05) is 6.54 Å². The normalized spacial score (nSPS) is 11.8. The molecular weight excluding hydrogens is 294 g/mol. The summed E-state index contributed by atoms with van der Waals surface area (Å²) in [6.07, 6.45) is 0.123. The Labute approximate surface area is 123 Å². The summed E-state index contributed by atoms with van der Waals surface area (Å²) < 4.78 is 32.4. The second-order valence-electron chi connectivity index (χ2n) is 4.57. The molecule has 0 aliphatic rings. The van der Waals surface area contributed by atoms with E-state index in [1.54, 1.807) is 17.5 Å². The minimum atomic E-state index is -3.41. The predicted molar refractivity (Wildman–Crippen MR) is 80.6 cm³/mol. The molecule has 6 heteroatoms. The van der Waals surface area contributed by atoms with Gasteiger partial charge in [-0.3, -0.25) is 0 Å². The Kier molecular flexibility index (Phi) is 4.80. The van der Waals surface area contributed by atoms with Gasteiger partial charge in [0.2, 0.25) is 10.0 Å². The molecule has 20 heavy (non-hydrogen) atoms. The monoisotopic (exact) mass is 311 g/mol. The molecule has 1 aromatic heterocycles. The van der Waals surface area contributed by atoms with Gasteiger partial charge in [-0.2, -0.15) is 0 Å². The van der Waals surface area contributed by atoms with Gasteiger partial charge in [-0.15, -0.1) is 11.3 Å². The average Bonchev–Trinajstić information content (AvgIpc) is 2.92. The summed E-state index contributed by atoms with van der Waals surface area (Å²) in [4.78, 5) is 0. The standard InChI is InChI=1S/C14H17NO3S2/c1-11(2)18-13-7-5-12(6-8-13)10-15-20(16,17)14-4-3-9-19-14/h3-9,11,15H,10H2,1-2H3. The molecule has 0 fully saturated rings. The molecule has 1 heterocycles. The van der Waals surface area contributed by atoms with Crippen LogP contribution in [0.3, 0.4) is 0 Å². The first-order chi connectivity index (χ1) is 9.47. The fourth-order valence-corrected chi connectivity index (χ4v) is 3.68. The highest BCUT2D eigenvalue weighted by Gasteiger charge is 2.14. The van der Waals surface area contributed by atoms with Crippen LogP contribution < -0.4 is 9.46 Å². The number of sulfonamides is 1. The van der Waals surface area contributed by atoms with Crippen molar-refractivity contribution in [3.8, 4) is 5.75 Å². The highest BCUT2D eigenvalue weighted by Crippen LogP contribution is 2.17. The van der Waals surface area contributed by atoms with Crippen molar-refractivity contribution in [1.29, 1.82) is 0 Å². The summed E-state index contributed by atoms with van der Waals surface area (Å²) in [6, 6.07) is 10.7. The second kappa shape index (κ2) is 6.39. The Hall–Kier alpha value is -1.37. The minimum Gasteiger partial charge on any atom is -0.491 e. The summed E-state index contributed by atoms with van der Waals surface area (Å²) >= 11 is 1.20. The molecule has 2 rings (SSSR count). The molecule has 108 valence electrons. The van der Waals surface area contributed by atoms with E-state index in [2.05, 4.69) is 4.72 Å². The highest BCUT2D eigenvalue weighted by molar-refractivity contribution is 7.91. The van der Waals surface area contributed by atoms with Crippen LogP contribution in [-0.4, -0.2) is 14.5 Å². The van der Waals surface area contributed by atoms with Gasteiger partial charge in [0.05, 0.1) is 6.10 Å². The molecular formula is C14H17NO3S2. The van der Waals surface area contributed by atoms with Gasteiger partial charge < -0.3 is 4.74 Å². The smallest absolute Gasteiger partial charge is 0.250 e. The fourth-order valence-electron chi connectivity index (χ4n) is 1.62. The molecule has 0 spiro atoms. The van der Waals surface area contributed by atoms with E-state index in [1.807, 2.05) is 38.1 Å². The lowest BCUT2D eigenvalue weighted by Crippen LogP contribution is -2.22. The fraction of sp³-hybridized carbons (Fsp3) is 0.286. The van der Waals surface area contributed by atoms with Crippen molar-refractivity contribution in [3.05, 3.63) is 47.3 Å². The summed E-state index contributed by atoms with van der Waals surface area (Å²) in [5, 5.41) is 1.74. The van der Waals surface area contributed by atoms with Crippen molar-refractivity contribution in [3.63, 3.8) is 0 Å². The van der Waals surface area contributed by atoms with Crippen LogP contribution in [-0.2, 0) is 16.6 Å². The SMILES string of the molecule is CC(C)Oc1ccc(CNS(=O)(=O)c2cccs2)cc1. The Morgan fingerprint density at radius 1 is 1.20 bits per heavy atom. The van der Waals surface area contributed by atoms with Crippen molar-refractivity contribution in [2.24, 2.45) is 0 Å². The molecule has 0 saturated carbocycles. The lowest BCUT2D eigenvalue weighted by molar-refractivity contribution is 0.242. The van der Waals surface area contributed by atoms with Crippen LogP contribution in [0.15, 0.2) is 46.0 Å². The molecule has 0 aliphatic heterocycles. The maximum absolute atomic E-state index is 12.0. The maximum Gasteiger partial charge on any atom is 0.250 e. The zero-order valence-electron chi connectivity index (χ0n) is 11.4. The number of rotatable bonds is 6. The van der Waals surface area contributed by atoms with E-state index in [4.69, 9.17) is 4.74 Å². The summed E-state index contributed by atoms with van der Waals surface area (Å²) in [6.45, 7) is 4.19. The third kappa shape index (κ3) is 4.06. The Balaban J connectivity index is 1.98. The van der Waals surface area contributed by atoms with Gasteiger partial charge in [0.1, 0.15) is 9.96 Å². The molecule has 1 aromatic carbocycles. The topological polar surface area (TPSA) is 55.4 Å². The van der Waals surface area contributed by atoms with Gasteiger partial charge in [-0.1, -0.05) is 18.2 Å². The Morgan fingerprint density at radius 3 is 2.45 bits per heavy atom. The highest BCUT2D eigenvalue weighted by atomic mass is 32.2. The van der Waals surface area contributed by atoms with Crippen LogP contribution in [0.2, 0.25) is 0 Å². The molecule has 4 nitrogen and oxygen atoms in total. The first-order valence-corrected chi connectivity index (χ1v) is 8.62. The number of benzene rings is 1. The molecule has 0 unspecified atom stereocenters. The van der Waals surface area contributed by atoms with E-state index in [9.17, 15) is 8.42 Å². The molecule has 0 amide bonds. The molecule has 0 aliphatic carbocycles. The van der Waals surface area contributed by atoms with E-state index >= 15 is 0 Å². The zero-order chi connectivity index (χ0) is 14.6. The van der Waals surface area contributed by atoms with Crippen LogP contribution in [0.1, 0.15) is 19.4 Å². The zero-order valence-corrected chi connectivity index (χ0v) is 13.0. The first-order valence-electron chi connectivity index (χ1n) is 6.26. The van der Waals surface area contributed by atoms with Gasteiger partial charge in [0.15, 0.2) is 0 Å². The van der Waals surface area contributed by atoms with Crippen LogP contribution in [0.5, 0.6) is 5.75 Å². The van der Waals surface area contributed by atoms with Crippen molar-refractivity contribution in [1.82, 2.24) is 4.72 Å². The van der Waals surface area contributed by atoms with Crippen LogP contribution in [0.4, 0.5) is 0 Å². The van der Waals surface area contributed by atoms with Crippen LogP contribution in [0.25, 0.3) is 0 Å². The van der Waals surface area contributed by atoms with E-state index in [0.29, 0.717) is 4.21 Å². The quantitative estimate of drug-likeness (QED) is 0.892. The van der Waals surface area contributed by atoms with Crippen molar-refractivity contribution >= 4 is 21.4 Å². The number of ether oxygens (including phenoxy) is 1. The second-order valence-corrected chi connectivity index (χ2v) is 7.51. The lowest BCUT2D eigenvalue weighted by Gasteiger charge is -2.10. The predicted octanol–water partition coefficient (Wildman–Crippen LogP) is 3.01. The van der Waals surface area contributed by atoms with E-state index in [1.165, 1.54) is 11.3 Å². The number of hydrogen-bond acceptors (Lipinski definition) is 4. The summed E-state index contributed by atoms with van der Waals surface area (Å²) in [5.41, 5.74) is 0.890. The molecule has 2 aromatic rings. The first kappa shape index (κ1) is 15.0. The lowest BCUT2D eigenvalue weighted by atomic mass is 10.2. The molecule has 0 atom stereocenters. The minimum absolute atomic E-state index is 0.123. The van der Waals surface area contributed by atoms with Gasteiger partial charge in [-0.25, -0.2) is 13.1 Å². The largest absolute Gasteiger partial charge is 0.491 e. The van der Waals surface area contributed by atoms with E-state index < -0.39 is 10.0 Å². The van der Waals surface area contributed by atoms with E-state index in [-0.39, 0.29) is 12.6 Å². The van der Waals surface area contributed by atoms with Crippen molar-refractivity contribution in [2.45, 2.75) is 30.7 Å². The summed E-state index contributed by atoms with van der Waals surface area (Å²) in [7, 11) is -3.41. The molecule has 0 radical (unpaired) electrons. The maximum atomic E-state index is 12.0. The number of thiophene rings is 1. The number of nitrogens with one attached hydrogen (secondary N) is 1. The van der Waals surface area contributed by atoms with Crippen molar-refractivity contribution < 1.29 is 13.2 Å². The van der Waals surface area contributed by atoms with Gasteiger partial charge in [-0.05, 0) is 43.0 Å². The van der Waals surface area contributed by atoms with Crippen LogP contribution >= 0.6 is 11.3 Å². The van der Waals surface area contributed by atoms with Gasteiger partial charge in [0.25, 0.3) is 0 Å². The molecule has 0 saturated heterocycles.